The Balaban J connectivity index is 0.00000115. The highest BCUT2D eigenvalue weighted by Crippen LogP contribution is 2.12. The molecule has 0 aliphatic carbocycles. The summed E-state index contributed by atoms with van der Waals surface area (Å²) < 4.78 is 15.0. The molecule has 0 aromatic rings. The Labute approximate surface area is 200 Å². The Morgan fingerprint density at radius 3 is 1.22 bits per heavy atom. The number of unbranched alkanes of at least 4 members (excludes halogenated alkanes) is 18. The van der Waals surface area contributed by atoms with Gasteiger partial charge in [-0.25, -0.2) is 4.79 Å². The number of hydrogen-bond acceptors (Lipinski definition) is 4. The molecule has 4 nitrogen and oxygen atoms in total. The minimum absolute atomic E-state index is 0.125. The van der Waals surface area contributed by atoms with E-state index < -0.39 is 0 Å². The maximum absolute atomic E-state index is 10.1. The topological polar surface area (TPSA) is 44.8 Å². The Hall–Kier alpha value is -0.610. The lowest BCUT2D eigenvalue weighted by molar-refractivity contribution is -0.159. The minimum Gasteiger partial charge on any atom is -0.462 e. The Morgan fingerprint density at radius 1 is 0.562 bits per heavy atom. The van der Waals surface area contributed by atoms with Crippen molar-refractivity contribution in [3.63, 3.8) is 0 Å². The standard InChI is InChI=1S/C24H50O.C4H6O3/c1-3-5-7-9-11-13-15-17-19-21-23-25-24-22-20-18-16-14-12-10-8-6-4-2;5-4-3-6-1-2-7-4/h3-24H2,1-2H3;1-3H2. The Morgan fingerprint density at radius 2 is 0.938 bits per heavy atom. The molecular weight excluding hydrogens is 400 g/mol. The molecule has 192 valence electrons. The fourth-order valence-corrected chi connectivity index (χ4v) is 3.90. The summed E-state index contributed by atoms with van der Waals surface area (Å²) in [4.78, 5) is 10.1. The van der Waals surface area contributed by atoms with E-state index in [1.807, 2.05) is 0 Å². The maximum atomic E-state index is 10.1. The molecule has 0 aromatic carbocycles. The van der Waals surface area contributed by atoms with Gasteiger partial charge in [0.2, 0.25) is 0 Å². The minimum atomic E-state index is -0.258. The van der Waals surface area contributed by atoms with Crippen LogP contribution in [0.25, 0.3) is 0 Å². The third-order valence-electron chi connectivity index (χ3n) is 6.00. The molecule has 0 amide bonds. The number of carbonyl (C=O) groups is 1. The Kier molecular flexibility index (Phi) is 27.9. The van der Waals surface area contributed by atoms with E-state index in [4.69, 9.17) is 9.47 Å². The van der Waals surface area contributed by atoms with Crippen LogP contribution in [0.4, 0.5) is 0 Å². The predicted octanol–water partition coefficient (Wildman–Crippen LogP) is 8.40. The van der Waals surface area contributed by atoms with Crippen LogP contribution in [0.2, 0.25) is 0 Å². The van der Waals surface area contributed by atoms with Crippen molar-refractivity contribution in [3.8, 4) is 0 Å². The number of hydrogen-bond donors (Lipinski definition) is 0. The lowest BCUT2D eigenvalue weighted by Crippen LogP contribution is -2.22. The van der Waals surface area contributed by atoms with E-state index in [0.29, 0.717) is 13.2 Å². The van der Waals surface area contributed by atoms with Crippen LogP contribution in [-0.4, -0.2) is 39.0 Å². The first-order valence-corrected chi connectivity index (χ1v) is 14.1. The highest BCUT2D eigenvalue weighted by molar-refractivity contribution is 5.71. The molecule has 0 aromatic heterocycles. The zero-order chi connectivity index (χ0) is 23.4. The number of esters is 1. The van der Waals surface area contributed by atoms with Crippen molar-refractivity contribution in [3.05, 3.63) is 0 Å². The molecule has 1 fully saturated rings. The molecule has 4 heteroatoms. The van der Waals surface area contributed by atoms with Gasteiger partial charge in [0, 0.05) is 13.2 Å². The number of carbonyl (C=O) groups excluding carboxylic acids is 1. The van der Waals surface area contributed by atoms with Crippen LogP contribution in [0.15, 0.2) is 0 Å². The molecule has 0 saturated carbocycles. The third-order valence-corrected chi connectivity index (χ3v) is 6.00. The second kappa shape index (κ2) is 28.4. The van der Waals surface area contributed by atoms with E-state index in [9.17, 15) is 4.79 Å². The highest BCUT2D eigenvalue weighted by Gasteiger charge is 2.06. The molecular formula is C28H56O4. The van der Waals surface area contributed by atoms with Gasteiger partial charge in [-0.15, -0.1) is 0 Å². The average molecular weight is 457 g/mol. The van der Waals surface area contributed by atoms with Crippen molar-refractivity contribution < 1.29 is 19.0 Å². The van der Waals surface area contributed by atoms with E-state index in [1.165, 1.54) is 128 Å². The average Bonchev–Trinajstić information content (AvgIpc) is 2.81. The van der Waals surface area contributed by atoms with Crippen LogP contribution in [0.1, 0.15) is 142 Å². The summed E-state index contributed by atoms with van der Waals surface area (Å²) in [5.41, 5.74) is 0. The van der Waals surface area contributed by atoms with E-state index in [-0.39, 0.29) is 12.6 Å². The lowest BCUT2D eigenvalue weighted by atomic mass is 10.1. The number of ether oxygens (including phenoxy) is 3. The normalized spacial score (nSPS) is 13.5. The SMILES string of the molecule is CCCCCCCCCCCCOCCCCCCCCCCCC.O=C1COCCO1. The summed E-state index contributed by atoms with van der Waals surface area (Å²) >= 11 is 0. The van der Waals surface area contributed by atoms with E-state index >= 15 is 0 Å². The fraction of sp³-hybridized carbons (Fsp3) is 0.964. The van der Waals surface area contributed by atoms with Crippen LogP contribution in [0.5, 0.6) is 0 Å². The van der Waals surface area contributed by atoms with Gasteiger partial charge in [0.1, 0.15) is 13.2 Å². The van der Waals surface area contributed by atoms with Gasteiger partial charge in [0.05, 0.1) is 6.61 Å². The van der Waals surface area contributed by atoms with Crippen molar-refractivity contribution in [2.75, 3.05) is 33.0 Å². The maximum Gasteiger partial charge on any atom is 0.332 e. The van der Waals surface area contributed by atoms with Crippen molar-refractivity contribution in [2.45, 2.75) is 142 Å². The molecule has 0 radical (unpaired) electrons. The van der Waals surface area contributed by atoms with Gasteiger partial charge in [0.15, 0.2) is 0 Å². The molecule has 32 heavy (non-hydrogen) atoms. The lowest BCUT2D eigenvalue weighted by Gasteiger charge is -2.09. The van der Waals surface area contributed by atoms with Gasteiger partial charge < -0.3 is 14.2 Å². The molecule has 1 saturated heterocycles. The monoisotopic (exact) mass is 456 g/mol. The summed E-state index contributed by atoms with van der Waals surface area (Å²) in [6.07, 6.45) is 28.2. The van der Waals surface area contributed by atoms with Crippen LogP contribution in [0, 0.1) is 0 Å². The number of cyclic esters (lactones) is 1. The molecule has 0 atom stereocenters. The summed E-state index contributed by atoms with van der Waals surface area (Å²) in [5, 5.41) is 0. The van der Waals surface area contributed by atoms with Gasteiger partial charge in [-0.2, -0.15) is 0 Å². The van der Waals surface area contributed by atoms with Crippen LogP contribution >= 0.6 is 0 Å². The highest BCUT2D eigenvalue weighted by atomic mass is 16.6. The van der Waals surface area contributed by atoms with Gasteiger partial charge in [-0.05, 0) is 12.8 Å². The molecule has 1 aliphatic rings. The molecule has 0 unspecified atom stereocenters. The molecule has 1 rings (SSSR count). The van der Waals surface area contributed by atoms with Gasteiger partial charge in [0.25, 0.3) is 0 Å². The van der Waals surface area contributed by atoms with Gasteiger partial charge in [-0.1, -0.05) is 129 Å². The summed E-state index contributed by atoms with van der Waals surface area (Å²) in [6, 6.07) is 0. The largest absolute Gasteiger partial charge is 0.462 e. The number of rotatable bonds is 22. The summed E-state index contributed by atoms with van der Waals surface area (Å²) in [5.74, 6) is -0.258. The van der Waals surface area contributed by atoms with Crippen molar-refractivity contribution in [2.24, 2.45) is 0 Å². The summed E-state index contributed by atoms with van der Waals surface area (Å²) in [7, 11) is 0. The molecule has 1 heterocycles. The second-order valence-corrected chi connectivity index (χ2v) is 9.25. The molecule has 0 bridgehead atoms. The second-order valence-electron chi connectivity index (χ2n) is 9.25. The van der Waals surface area contributed by atoms with E-state index in [0.717, 1.165) is 13.2 Å². The first-order valence-electron chi connectivity index (χ1n) is 14.1. The Bertz CT molecular complexity index is 329. The van der Waals surface area contributed by atoms with E-state index in [2.05, 4.69) is 18.6 Å². The van der Waals surface area contributed by atoms with Crippen LogP contribution in [0.3, 0.4) is 0 Å². The van der Waals surface area contributed by atoms with Crippen molar-refractivity contribution in [1.29, 1.82) is 0 Å². The summed E-state index contributed by atoms with van der Waals surface area (Å²) in [6.45, 7) is 7.66. The van der Waals surface area contributed by atoms with E-state index in [1.54, 1.807) is 0 Å². The molecule has 0 spiro atoms. The fourth-order valence-electron chi connectivity index (χ4n) is 3.90. The van der Waals surface area contributed by atoms with Gasteiger partial charge in [-0.3, -0.25) is 0 Å². The first-order chi connectivity index (χ1) is 15.8. The van der Waals surface area contributed by atoms with Crippen LogP contribution in [-0.2, 0) is 19.0 Å². The predicted molar refractivity (Wildman–Crippen MR) is 136 cm³/mol. The zero-order valence-corrected chi connectivity index (χ0v) is 21.8. The smallest absolute Gasteiger partial charge is 0.332 e. The zero-order valence-electron chi connectivity index (χ0n) is 21.8. The quantitative estimate of drug-likeness (QED) is 0.121. The third kappa shape index (κ3) is 27.4. The first kappa shape index (κ1) is 31.4. The van der Waals surface area contributed by atoms with Gasteiger partial charge >= 0.3 is 5.97 Å². The van der Waals surface area contributed by atoms with Crippen LogP contribution < -0.4 is 0 Å². The van der Waals surface area contributed by atoms with Crippen molar-refractivity contribution in [1.82, 2.24) is 0 Å². The molecule has 1 aliphatic heterocycles. The molecule has 0 N–H and O–H groups in total. The van der Waals surface area contributed by atoms with Crippen molar-refractivity contribution >= 4 is 5.97 Å².